The quantitative estimate of drug-likeness (QED) is 0.568. The summed E-state index contributed by atoms with van der Waals surface area (Å²) in [5, 5.41) is 2.78. The molecule has 1 unspecified atom stereocenters. The Kier molecular flexibility index (Phi) is 8.57. The summed E-state index contributed by atoms with van der Waals surface area (Å²) in [7, 11) is 1.54. The molecule has 0 aliphatic rings. The van der Waals surface area contributed by atoms with E-state index < -0.39 is 6.04 Å². The molecule has 0 aliphatic heterocycles. The number of hydrogen-bond acceptors (Lipinski definition) is 3. The molecule has 0 bridgehead atoms. The summed E-state index contributed by atoms with van der Waals surface area (Å²) in [5.41, 5.74) is 5.53. The van der Waals surface area contributed by atoms with E-state index in [4.69, 9.17) is 10.5 Å². The standard InChI is InChI=1S/C10H22N2O2/c1-3-4-5-6-7-12-10(13)9(11)8-14-2/h9H,3-8,11H2,1-2H3,(H,12,13). The molecule has 0 rings (SSSR count). The summed E-state index contributed by atoms with van der Waals surface area (Å²) in [4.78, 5) is 11.2. The monoisotopic (exact) mass is 202 g/mol. The van der Waals surface area contributed by atoms with E-state index in [9.17, 15) is 4.79 Å². The number of carbonyl (C=O) groups is 1. The fraction of sp³-hybridized carbons (Fsp3) is 0.900. The van der Waals surface area contributed by atoms with Crippen LogP contribution in [0.4, 0.5) is 0 Å². The second kappa shape index (κ2) is 8.97. The van der Waals surface area contributed by atoms with Gasteiger partial charge >= 0.3 is 0 Å². The fourth-order valence-corrected chi connectivity index (χ4v) is 1.15. The lowest BCUT2D eigenvalue weighted by Crippen LogP contribution is -2.43. The number of ether oxygens (including phenoxy) is 1. The first kappa shape index (κ1) is 13.4. The molecule has 0 aliphatic carbocycles. The number of nitrogens with two attached hydrogens (primary N) is 1. The van der Waals surface area contributed by atoms with Gasteiger partial charge in [0.2, 0.25) is 5.91 Å². The van der Waals surface area contributed by atoms with E-state index in [0.29, 0.717) is 0 Å². The molecule has 0 aromatic rings. The highest BCUT2D eigenvalue weighted by atomic mass is 16.5. The van der Waals surface area contributed by atoms with Crippen LogP contribution >= 0.6 is 0 Å². The van der Waals surface area contributed by atoms with Crippen molar-refractivity contribution in [2.24, 2.45) is 5.73 Å². The van der Waals surface area contributed by atoms with E-state index in [2.05, 4.69) is 12.2 Å². The average Bonchev–Trinajstić information content (AvgIpc) is 2.17. The highest BCUT2D eigenvalue weighted by Crippen LogP contribution is 1.96. The zero-order chi connectivity index (χ0) is 10.8. The third-order valence-corrected chi connectivity index (χ3v) is 2.01. The van der Waals surface area contributed by atoms with Gasteiger partial charge in [0.15, 0.2) is 0 Å². The number of hydrogen-bond donors (Lipinski definition) is 2. The maximum absolute atomic E-state index is 11.2. The molecule has 0 radical (unpaired) electrons. The Hall–Kier alpha value is -0.610. The van der Waals surface area contributed by atoms with Crippen LogP contribution in [0.15, 0.2) is 0 Å². The van der Waals surface area contributed by atoms with Crippen LogP contribution in [0.2, 0.25) is 0 Å². The van der Waals surface area contributed by atoms with Gasteiger partial charge in [-0.15, -0.1) is 0 Å². The van der Waals surface area contributed by atoms with Crippen LogP contribution in [-0.2, 0) is 9.53 Å². The second-order valence-electron chi connectivity index (χ2n) is 3.41. The van der Waals surface area contributed by atoms with E-state index in [1.165, 1.54) is 20.0 Å². The maximum atomic E-state index is 11.2. The average molecular weight is 202 g/mol. The number of nitrogens with one attached hydrogen (secondary N) is 1. The summed E-state index contributed by atoms with van der Waals surface area (Å²) in [6.45, 7) is 3.16. The first-order valence-corrected chi connectivity index (χ1v) is 5.24. The first-order chi connectivity index (χ1) is 6.72. The van der Waals surface area contributed by atoms with Crippen molar-refractivity contribution in [1.82, 2.24) is 5.32 Å². The molecule has 0 saturated heterocycles. The Bertz CT molecular complexity index is 151. The Morgan fingerprint density at radius 3 is 2.71 bits per heavy atom. The van der Waals surface area contributed by atoms with E-state index >= 15 is 0 Å². The molecule has 1 atom stereocenters. The molecule has 0 saturated carbocycles. The maximum Gasteiger partial charge on any atom is 0.239 e. The second-order valence-corrected chi connectivity index (χ2v) is 3.41. The number of carbonyl (C=O) groups excluding carboxylic acids is 1. The molecule has 0 aromatic carbocycles. The minimum Gasteiger partial charge on any atom is -0.383 e. The molecule has 4 nitrogen and oxygen atoms in total. The molecule has 0 fully saturated rings. The molecule has 0 aromatic heterocycles. The summed E-state index contributed by atoms with van der Waals surface area (Å²) < 4.78 is 4.78. The lowest BCUT2D eigenvalue weighted by Gasteiger charge is -2.10. The van der Waals surface area contributed by atoms with Crippen molar-refractivity contribution in [1.29, 1.82) is 0 Å². The molecular weight excluding hydrogens is 180 g/mol. The summed E-state index contributed by atoms with van der Waals surface area (Å²) >= 11 is 0. The number of unbranched alkanes of at least 4 members (excludes halogenated alkanes) is 3. The number of rotatable bonds is 8. The molecule has 14 heavy (non-hydrogen) atoms. The fourth-order valence-electron chi connectivity index (χ4n) is 1.15. The lowest BCUT2D eigenvalue weighted by atomic mass is 10.2. The predicted octanol–water partition coefficient (Wildman–Crippen LogP) is 0.657. The zero-order valence-corrected chi connectivity index (χ0v) is 9.21. The van der Waals surface area contributed by atoms with Crippen LogP contribution in [0, 0.1) is 0 Å². The van der Waals surface area contributed by atoms with Gasteiger partial charge in [-0.05, 0) is 6.42 Å². The van der Waals surface area contributed by atoms with Gasteiger partial charge in [0.25, 0.3) is 0 Å². The Morgan fingerprint density at radius 1 is 1.43 bits per heavy atom. The van der Waals surface area contributed by atoms with Gasteiger partial charge < -0.3 is 15.8 Å². The summed E-state index contributed by atoms with van der Waals surface area (Å²) in [6, 6.07) is -0.536. The minimum absolute atomic E-state index is 0.122. The minimum atomic E-state index is -0.536. The molecule has 0 spiro atoms. The topological polar surface area (TPSA) is 64.4 Å². The SMILES string of the molecule is CCCCCCNC(=O)C(N)COC. The van der Waals surface area contributed by atoms with Crippen molar-refractivity contribution in [2.45, 2.75) is 38.6 Å². The van der Waals surface area contributed by atoms with E-state index in [0.717, 1.165) is 19.4 Å². The van der Waals surface area contributed by atoms with E-state index in [1.54, 1.807) is 0 Å². The highest BCUT2D eigenvalue weighted by molar-refractivity contribution is 5.81. The molecule has 1 amide bonds. The third-order valence-electron chi connectivity index (χ3n) is 2.01. The molecule has 84 valence electrons. The Morgan fingerprint density at radius 2 is 2.14 bits per heavy atom. The van der Waals surface area contributed by atoms with Gasteiger partial charge in [0, 0.05) is 13.7 Å². The third kappa shape index (κ3) is 6.86. The van der Waals surface area contributed by atoms with Gasteiger partial charge in [-0.2, -0.15) is 0 Å². The van der Waals surface area contributed by atoms with Gasteiger partial charge in [0.1, 0.15) is 6.04 Å². The van der Waals surface area contributed by atoms with Crippen molar-refractivity contribution in [2.75, 3.05) is 20.3 Å². The number of methoxy groups -OCH3 is 1. The van der Waals surface area contributed by atoms with Crippen LogP contribution < -0.4 is 11.1 Å². The largest absolute Gasteiger partial charge is 0.383 e. The summed E-state index contributed by atoms with van der Waals surface area (Å²) in [5.74, 6) is -0.122. The van der Waals surface area contributed by atoms with Gasteiger partial charge in [0.05, 0.1) is 6.61 Å². The van der Waals surface area contributed by atoms with E-state index in [-0.39, 0.29) is 12.5 Å². The molecule has 0 heterocycles. The van der Waals surface area contributed by atoms with Crippen molar-refractivity contribution in [3.63, 3.8) is 0 Å². The lowest BCUT2D eigenvalue weighted by molar-refractivity contribution is -0.123. The van der Waals surface area contributed by atoms with Crippen molar-refractivity contribution < 1.29 is 9.53 Å². The van der Waals surface area contributed by atoms with Gasteiger partial charge in [-0.1, -0.05) is 26.2 Å². The molecule has 4 heteroatoms. The number of amides is 1. The summed E-state index contributed by atoms with van der Waals surface area (Å²) in [6.07, 6.45) is 4.62. The van der Waals surface area contributed by atoms with Crippen molar-refractivity contribution in [3.8, 4) is 0 Å². The van der Waals surface area contributed by atoms with E-state index in [1.807, 2.05) is 0 Å². The van der Waals surface area contributed by atoms with Crippen LogP contribution in [0.3, 0.4) is 0 Å². The van der Waals surface area contributed by atoms with Gasteiger partial charge in [-0.25, -0.2) is 0 Å². The molecular formula is C10H22N2O2. The smallest absolute Gasteiger partial charge is 0.239 e. The van der Waals surface area contributed by atoms with Crippen LogP contribution in [-0.4, -0.2) is 32.2 Å². The predicted molar refractivity (Wildman–Crippen MR) is 57.0 cm³/mol. The van der Waals surface area contributed by atoms with Crippen LogP contribution in [0.5, 0.6) is 0 Å². The highest BCUT2D eigenvalue weighted by Gasteiger charge is 2.11. The van der Waals surface area contributed by atoms with Gasteiger partial charge in [-0.3, -0.25) is 4.79 Å². The first-order valence-electron chi connectivity index (χ1n) is 5.24. The van der Waals surface area contributed by atoms with Crippen molar-refractivity contribution in [3.05, 3.63) is 0 Å². The Labute approximate surface area is 86.2 Å². The van der Waals surface area contributed by atoms with Crippen molar-refractivity contribution >= 4 is 5.91 Å². The Balaban J connectivity index is 3.34. The normalized spacial score (nSPS) is 12.5. The molecule has 3 N–H and O–H groups in total. The van der Waals surface area contributed by atoms with Crippen LogP contribution in [0.1, 0.15) is 32.6 Å². The van der Waals surface area contributed by atoms with Crippen LogP contribution in [0.25, 0.3) is 0 Å². The zero-order valence-electron chi connectivity index (χ0n) is 9.21.